The first-order valence-corrected chi connectivity index (χ1v) is 10.4. The van der Waals surface area contributed by atoms with Crippen LogP contribution in [0.25, 0.3) is 6.08 Å². The zero-order valence-corrected chi connectivity index (χ0v) is 17.9. The zero-order valence-electron chi connectivity index (χ0n) is 16.4. The van der Waals surface area contributed by atoms with Gasteiger partial charge in [0, 0.05) is 38.7 Å². The van der Waals surface area contributed by atoms with Crippen LogP contribution >= 0.6 is 23.2 Å². The van der Waals surface area contributed by atoms with E-state index in [4.69, 9.17) is 23.2 Å². The molecule has 2 amide bonds. The molecular formula is C23H24Cl2N2O2. The van der Waals surface area contributed by atoms with Gasteiger partial charge in [-0.05, 0) is 42.2 Å². The molecule has 29 heavy (non-hydrogen) atoms. The highest BCUT2D eigenvalue weighted by Crippen LogP contribution is 2.24. The molecule has 0 spiro atoms. The van der Waals surface area contributed by atoms with Crippen molar-refractivity contribution in [2.24, 2.45) is 5.92 Å². The van der Waals surface area contributed by atoms with Gasteiger partial charge >= 0.3 is 0 Å². The second-order valence-electron chi connectivity index (χ2n) is 7.29. The number of carbonyl (C=O) groups excluding carboxylic acids is 2. The monoisotopic (exact) mass is 430 g/mol. The van der Waals surface area contributed by atoms with Crippen LogP contribution in [0.5, 0.6) is 0 Å². The number of rotatable bonds is 5. The topological polar surface area (TPSA) is 40.6 Å². The summed E-state index contributed by atoms with van der Waals surface area (Å²) in [7, 11) is 1.80. The molecule has 0 bridgehead atoms. The maximum Gasteiger partial charge on any atom is 0.246 e. The van der Waals surface area contributed by atoms with Gasteiger partial charge in [0.25, 0.3) is 0 Å². The number of halogens is 2. The lowest BCUT2D eigenvalue weighted by Gasteiger charge is -2.32. The number of hydrogen-bond donors (Lipinski definition) is 0. The predicted octanol–water partition coefficient (Wildman–Crippen LogP) is 4.90. The summed E-state index contributed by atoms with van der Waals surface area (Å²) < 4.78 is 0. The number of nitrogens with zero attached hydrogens (tertiary/aromatic N) is 2. The third-order valence-electron chi connectivity index (χ3n) is 5.15. The van der Waals surface area contributed by atoms with Crippen LogP contribution in [-0.2, 0) is 16.1 Å². The van der Waals surface area contributed by atoms with E-state index in [0.29, 0.717) is 42.5 Å². The van der Waals surface area contributed by atoms with Crippen molar-refractivity contribution in [3.63, 3.8) is 0 Å². The van der Waals surface area contributed by atoms with E-state index in [-0.39, 0.29) is 17.7 Å². The van der Waals surface area contributed by atoms with E-state index in [9.17, 15) is 9.59 Å². The van der Waals surface area contributed by atoms with Gasteiger partial charge in [0.1, 0.15) is 0 Å². The standard InChI is InChI=1S/C23H24Cl2N2O2/c1-26(16-18-7-9-20(24)21(25)15-18)23(29)19-11-13-27(14-12-19)22(28)10-8-17-5-3-2-4-6-17/h2-10,15,19H,11-14,16H2,1H3. The van der Waals surface area contributed by atoms with Crippen molar-refractivity contribution in [1.29, 1.82) is 0 Å². The molecule has 0 unspecified atom stereocenters. The minimum atomic E-state index is -0.0649. The molecule has 1 aliphatic rings. The predicted molar refractivity (Wildman–Crippen MR) is 118 cm³/mol. The van der Waals surface area contributed by atoms with Crippen LogP contribution in [0.3, 0.4) is 0 Å². The number of carbonyl (C=O) groups is 2. The highest BCUT2D eigenvalue weighted by atomic mass is 35.5. The van der Waals surface area contributed by atoms with Crippen LogP contribution in [0.4, 0.5) is 0 Å². The molecule has 1 fully saturated rings. The van der Waals surface area contributed by atoms with Crippen LogP contribution < -0.4 is 0 Å². The van der Waals surface area contributed by atoms with Gasteiger partial charge in [0.2, 0.25) is 11.8 Å². The molecule has 0 saturated carbocycles. The van der Waals surface area contributed by atoms with Crippen LogP contribution in [0.15, 0.2) is 54.6 Å². The Morgan fingerprint density at radius 1 is 1.07 bits per heavy atom. The van der Waals surface area contributed by atoms with E-state index in [1.165, 1.54) is 0 Å². The average Bonchev–Trinajstić information content (AvgIpc) is 2.75. The molecule has 3 rings (SSSR count). The van der Waals surface area contributed by atoms with Gasteiger partial charge < -0.3 is 9.80 Å². The third kappa shape index (κ3) is 5.84. The summed E-state index contributed by atoms with van der Waals surface area (Å²) in [6, 6.07) is 15.1. The van der Waals surface area contributed by atoms with Crippen molar-refractivity contribution in [3.05, 3.63) is 75.8 Å². The summed E-state index contributed by atoms with van der Waals surface area (Å²) >= 11 is 12.0. The fourth-order valence-corrected chi connectivity index (χ4v) is 3.81. The molecule has 1 heterocycles. The summed E-state index contributed by atoms with van der Waals surface area (Å²) in [5.41, 5.74) is 1.93. The lowest BCUT2D eigenvalue weighted by molar-refractivity contribution is -0.138. The van der Waals surface area contributed by atoms with Crippen molar-refractivity contribution in [2.75, 3.05) is 20.1 Å². The van der Waals surface area contributed by atoms with Crippen molar-refractivity contribution in [2.45, 2.75) is 19.4 Å². The summed E-state index contributed by atoms with van der Waals surface area (Å²) in [6.07, 6.45) is 4.78. The molecule has 0 aromatic heterocycles. The molecule has 152 valence electrons. The Morgan fingerprint density at radius 3 is 2.41 bits per heavy atom. The van der Waals surface area contributed by atoms with Crippen molar-refractivity contribution < 1.29 is 9.59 Å². The van der Waals surface area contributed by atoms with Gasteiger partial charge in [-0.2, -0.15) is 0 Å². The van der Waals surface area contributed by atoms with E-state index in [0.717, 1.165) is 11.1 Å². The van der Waals surface area contributed by atoms with Crippen LogP contribution in [0.1, 0.15) is 24.0 Å². The van der Waals surface area contributed by atoms with E-state index in [1.54, 1.807) is 30.2 Å². The Hall–Kier alpha value is -2.30. The number of amides is 2. The summed E-state index contributed by atoms with van der Waals surface area (Å²) in [6.45, 7) is 1.67. The molecule has 0 aliphatic carbocycles. The zero-order chi connectivity index (χ0) is 20.8. The van der Waals surface area contributed by atoms with Gasteiger partial charge in [0.05, 0.1) is 10.0 Å². The molecule has 1 saturated heterocycles. The molecule has 0 N–H and O–H groups in total. The van der Waals surface area contributed by atoms with E-state index in [1.807, 2.05) is 47.4 Å². The normalized spacial score (nSPS) is 14.9. The fourth-order valence-electron chi connectivity index (χ4n) is 3.49. The molecule has 1 aliphatic heterocycles. The average molecular weight is 431 g/mol. The van der Waals surface area contributed by atoms with Crippen molar-refractivity contribution in [3.8, 4) is 0 Å². The summed E-state index contributed by atoms with van der Waals surface area (Å²) in [4.78, 5) is 28.7. The van der Waals surface area contributed by atoms with Crippen LogP contribution in [0, 0.1) is 5.92 Å². The second-order valence-corrected chi connectivity index (χ2v) is 8.10. The van der Waals surface area contributed by atoms with E-state index >= 15 is 0 Å². The maximum absolute atomic E-state index is 12.8. The minimum absolute atomic E-state index is 0.0103. The fraction of sp³-hybridized carbons (Fsp3) is 0.304. The highest BCUT2D eigenvalue weighted by molar-refractivity contribution is 6.42. The molecule has 4 nitrogen and oxygen atoms in total. The lowest BCUT2D eigenvalue weighted by atomic mass is 9.95. The molecular weight excluding hydrogens is 407 g/mol. The number of benzene rings is 2. The Balaban J connectivity index is 1.50. The number of piperidine rings is 1. The van der Waals surface area contributed by atoms with Gasteiger partial charge in [-0.15, -0.1) is 0 Å². The summed E-state index contributed by atoms with van der Waals surface area (Å²) in [5, 5.41) is 0.989. The van der Waals surface area contributed by atoms with Gasteiger partial charge in [-0.25, -0.2) is 0 Å². The van der Waals surface area contributed by atoms with Gasteiger partial charge in [0.15, 0.2) is 0 Å². The van der Waals surface area contributed by atoms with Gasteiger partial charge in [-0.3, -0.25) is 9.59 Å². The minimum Gasteiger partial charge on any atom is -0.341 e. The Labute approximate surface area is 181 Å². The SMILES string of the molecule is CN(Cc1ccc(Cl)c(Cl)c1)C(=O)C1CCN(C(=O)C=Cc2ccccc2)CC1. The maximum atomic E-state index is 12.8. The van der Waals surface area contributed by atoms with E-state index in [2.05, 4.69) is 0 Å². The first kappa shape index (κ1) is 21.4. The largest absolute Gasteiger partial charge is 0.341 e. The molecule has 2 aromatic rings. The van der Waals surface area contributed by atoms with Crippen molar-refractivity contribution in [1.82, 2.24) is 9.80 Å². The summed E-state index contributed by atoms with van der Waals surface area (Å²) in [5.74, 6) is 0.0248. The number of hydrogen-bond acceptors (Lipinski definition) is 2. The molecule has 0 atom stereocenters. The molecule has 6 heteroatoms. The second kappa shape index (κ2) is 9.95. The quantitative estimate of drug-likeness (QED) is 0.632. The first-order chi connectivity index (χ1) is 13.9. The Morgan fingerprint density at radius 2 is 1.76 bits per heavy atom. The number of likely N-dealkylation sites (tertiary alicyclic amines) is 1. The van der Waals surface area contributed by atoms with Crippen LogP contribution in [-0.4, -0.2) is 41.8 Å². The third-order valence-corrected chi connectivity index (χ3v) is 5.89. The molecule has 2 aromatic carbocycles. The lowest BCUT2D eigenvalue weighted by Crippen LogP contribution is -2.42. The van der Waals surface area contributed by atoms with Crippen molar-refractivity contribution >= 4 is 41.1 Å². The Kier molecular flexibility index (Phi) is 7.34. The Bertz CT molecular complexity index is 891. The molecule has 0 radical (unpaired) electrons. The smallest absolute Gasteiger partial charge is 0.246 e. The van der Waals surface area contributed by atoms with Crippen LogP contribution in [0.2, 0.25) is 10.0 Å². The van der Waals surface area contributed by atoms with Gasteiger partial charge in [-0.1, -0.05) is 59.6 Å². The highest BCUT2D eigenvalue weighted by Gasteiger charge is 2.28. The first-order valence-electron chi connectivity index (χ1n) is 9.65. The van der Waals surface area contributed by atoms with E-state index < -0.39 is 0 Å².